The maximum atomic E-state index is 13.1. The van der Waals surface area contributed by atoms with Crippen molar-refractivity contribution in [3.8, 4) is 11.5 Å². The lowest BCUT2D eigenvalue weighted by Crippen LogP contribution is -2.31. The molecule has 4 rings (SSSR count). The number of anilines is 1. The summed E-state index contributed by atoms with van der Waals surface area (Å²) < 4.78 is 64.2. The van der Waals surface area contributed by atoms with E-state index < -0.39 is 46.5 Å². The highest BCUT2D eigenvalue weighted by atomic mass is 32.2. The van der Waals surface area contributed by atoms with Crippen LogP contribution in [0.3, 0.4) is 0 Å². The molecule has 2 N–H and O–H groups in total. The fourth-order valence-electron chi connectivity index (χ4n) is 4.17. The minimum absolute atomic E-state index is 0.0132. The fourth-order valence-corrected chi connectivity index (χ4v) is 6.19. The number of nitro benzene ring substituents is 1. The molecule has 42 heavy (non-hydrogen) atoms. The number of carbonyl (C=O) groups is 1. The molecule has 0 unspecified atom stereocenters. The zero-order chi connectivity index (χ0) is 30.5. The van der Waals surface area contributed by atoms with Gasteiger partial charge in [-0.2, -0.15) is 0 Å². The van der Waals surface area contributed by atoms with Gasteiger partial charge in [0.1, 0.15) is 17.2 Å². The predicted octanol–water partition coefficient (Wildman–Crippen LogP) is 3.92. The van der Waals surface area contributed by atoms with Gasteiger partial charge in [0.15, 0.2) is 9.84 Å². The smallest absolute Gasteiger partial charge is 0.293 e. The first-order valence-corrected chi connectivity index (χ1v) is 16.0. The molecule has 15 heteroatoms. The number of carbonyl (C=O) groups excluding carboxylic acids is 1. The largest absolute Gasteiger partial charge is 0.455 e. The highest BCUT2D eigenvalue weighted by Gasteiger charge is 2.26. The van der Waals surface area contributed by atoms with Gasteiger partial charge in [0.25, 0.3) is 21.6 Å². The van der Waals surface area contributed by atoms with Crippen molar-refractivity contribution in [1.29, 1.82) is 0 Å². The molecule has 3 aromatic rings. The Morgan fingerprint density at radius 3 is 2.48 bits per heavy atom. The Labute approximate surface area is 243 Å². The lowest BCUT2D eigenvalue weighted by atomic mass is 10.0. The van der Waals surface area contributed by atoms with Gasteiger partial charge < -0.3 is 14.8 Å². The molecule has 0 aliphatic carbocycles. The number of sulfone groups is 1. The van der Waals surface area contributed by atoms with E-state index in [-0.39, 0.29) is 33.6 Å². The number of nitrogens with zero attached hydrogens (tertiary/aromatic N) is 2. The van der Waals surface area contributed by atoms with E-state index in [4.69, 9.17) is 9.47 Å². The van der Waals surface area contributed by atoms with E-state index >= 15 is 0 Å². The Bertz CT molecular complexity index is 1690. The van der Waals surface area contributed by atoms with Crippen molar-refractivity contribution in [2.45, 2.75) is 41.7 Å². The molecular weight excluding hydrogens is 588 g/mol. The van der Waals surface area contributed by atoms with Gasteiger partial charge in [0.05, 0.1) is 31.7 Å². The third kappa shape index (κ3) is 7.21. The zero-order valence-electron chi connectivity index (χ0n) is 22.8. The second-order valence-corrected chi connectivity index (χ2v) is 14.0. The van der Waals surface area contributed by atoms with Crippen molar-refractivity contribution < 1.29 is 36.0 Å². The number of pyridine rings is 1. The summed E-state index contributed by atoms with van der Waals surface area (Å²) in [6.07, 6.45) is 4.05. The van der Waals surface area contributed by atoms with E-state index in [0.717, 1.165) is 18.9 Å². The molecule has 2 aromatic carbocycles. The minimum Gasteiger partial charge on any atom is -0.455 e. The van der Waals surface area contributed by atoms with Gasteiger partial charge in [-0.15, -0.1) is 0 Å². The van der Waals surface area contributed by atoms with Crippen LogP contribution in [0.2, 0.25) is 0 Å². The van der Waals surface area contributed by atoms with Crippen molar-refractivity contribution in [2.24, 2.45) is 5.92 Å². The van der Waals surface area contributed by atoms with Gasteiger partial charge >= 0.3 is 0 Å². The van der Waals surface area contributed by atoms with Crippen LogP contribution in [0.4, 0.5) is 11.4 Å². The van der Waals surface area contributed by atoms with Crippen LogP contribution in [0.25, 0.3) is 0 Å². The summed E-state index contributed by atoms with van der Waals surface area (Å²) in [6.45, 7) is 4.74. The number of para-hydroxylation sites is 1. The Morgan fingerprint density at radius 1 is 1.07 bits per heavy atom. The topological polar surface area (TPSA) is 184 Å². The van der Waals surface area contributed by atoms with Crippen molar-refractivity contribution >= 4 is 37.1 Å². The fraction of sp³-hybridized carbons (Fsp3) is 0.333. The first-order chi connectivity index (χ1) is 19.9. The van der Waals surface area contributed by atoms with Crippen LogP contribution >= 0.6 is 0 Å². The summed E-state index contributed by atoms with van der Waals surface area (Å²) in [5.41, 5.74) is -0.474. The van der Waals surface area contributed by atoms with E-state index in [1.54, 1.807) is 0 Å². The summed E-state index contributed by atoms with van der Waals surface area (Å²) in [6, 6.07) is 10.3. The average Bonchev–Trinajstić information content (AvgIpc) is 2.96. The molecule has 0 bridgehead atoms. The van der Waals surface area contributed by atoms with Crippen molar-refractivity contribution in [2.75, 3.05) is 25.1 Å². The van der Waals surface area contributed by atoms with E-state index in [1.165, 1.54) is 68.7 Å². The van der Waals surface area contributed by atoms with Gasteiger partial charge in [-0.3, -0.25) is 19.9 Å². The Kier molecular flexibility index (Phi) is 9.43. The molecule has 1 fully saturated rings. The molecule has 0 atom stereocenters. The van der Waals surface area contributed by atoms with Crippen LogP contribution in [-0.4, -0.2) is 57.7 Å². The highest BCUT2D eigenvalue weighted by molar-refractivity contribution is 7.92. The van der Waals surface area contributed by atoms with Gasteiger partial charge in [0.2, 0.25) is 0 Å². The maximum absolute atomic E-state index is 13.1. The quantitative estimate of drug-likeness (QED) is 0.234. The number of hydrogen-bond acceptors (Lipinski definition) is 11. The van der Waals surface area contributed by atoms with E-state index in [0.29, 0.717) is 19.8 Å². The number of benzene rings is 2. The minimum atomic E-state index is -4.54. The molecule has 13 nitrogen and oxygen atoms in total. The molecule has 1 aliphatic heterocycles. The van der Waals surface area contributed by atoms with Gasteiger partial charge in [-0.25, -0.2) is 21.6 Å². The molecule has 2 heterocycles. The third-order valence-corrected chi connectivity index (χ3v) is 10.1. The number of rotatable bonds is 11. The maximum Gasteiger partial charge on any atom is 0.293 e. The summed E-state index contributed by atoms with van der Waals surface area (Å²) in [7, 11) is -8.19. The number of aromatic nitrogens is 1. The lowest BCUT2D eigenvalue weighted by Gasteiger charge is -2.22. The van der Waals surface area contributed by atoms with Gasteiger partial charge in [0, 0.05) is 38.1 Å². The summed E-state index contributed by atoms with van der Waals surface area (Å²) in [5, 5.41) is 14.1. The summed E-state index contributed by atoms with van der Waals surface area (Å²) >= 11 is 0. The molecule has 0 radical (unpaired) electrons. The van der Waals surface area contributed by atoms with Crippen molar-refractivity contribution in [3.05, 3.63) is 76.6 Å². The number of nitrogens with one attached hydrogen (secondary N) is 2. The normalized spacial score (nSPS) is 14.4. The predicted molar refractivity (Wildman–Crippen MR) is 153 cm³/mol. The Morgan fingerprint density at radius 2 is 1.79 bits per heavy atom. The molecule has 0 spiro atoms. The number of amides is 1. The Balaban J connectivity index is 1.54. The second-order valence-electron chi connectivity index (χ2n) is 9.86. The number of ether oxygens (including phenoxy) is 2. The molecule has 1 aliphatic rings. The second kappa shape index (κ2) is 12.8. The Hall–Kier alpha value is -4.08. The zero-order valence-corrected chi connectivity index (χ0v) is 24.5. The molecule has 1 amide bonds. The first-order valence-electron chi connectivity index (χ1n) is 13.0. The van der Waals surface area contributed by atoms with Crippen LogP contribution in [0.5, 0.6) is 11.5 Å². The molecule has 1 aromatic heterocycles. The van der Waals surface area contributed by atoms with E-state index in [1.807, 2.05) is 4.72 Å². The van der Waals surface area contributed by atoms with Gasteiger partial charge in [-0.1, -0.05) is 12.1 Å². The number of sulfonamides is 1. The van der Waals surface area contributed by atoms with Crippen LogP contribution in [0.15, 0.2) is 70.7 Å². The highest BCUT2D eigenvalue weighted by Crippen LogP contribution is 2.30. The summed E-state index contributed by atoms with van der Waals surface area (Å²) in [5.74, 6) is -0.848. The monoisotopic (exact) mass is 618 g/mol. The molecule has 1 saturated heterocycles. The van der Waals surface area contributed by atoms with E-state index in [2.05, 4.69) is 10.3 Å². The van der Waals surface area contributed by atoms with Crippen LogP contribution < -0.4 is 14.8 Å². The van der Waals surface area contributed by atoms with Crippen molar-refractivity contribution in [3.63, 3.8) is 0 Å². The van der Waals surface area contributed by atoms with Crippen LogP contribution in [0, 0.1) is 16.0 Å². The van der Waals surface area contributed by atoms with Crippen LogP contribution in [0.1, 0.15) is 37.0 Å². The first kappa shape index (κ1) is 30.9. The third-order valence-electron chi connectivity index (χ3n) is 6.62. The molecular formula is C27H30N4O9S2. The SMILES string of the molecule is CC(C)S(=O)(=O)c1cncc(Oc2ccccc2C(=O)NS(=O)(=O)c2ccc(NCC3CCOCC3)c([N+](=O)[O-])c2)c1. The average molecular weight is 619 g/mol. The van der Waals surface area contributed by atoms with Crippen LogP contribution in [-0.2, 0) is 24.6 Å². The number of hydrogen-bond donors (Lipinski definition) is 2. The van der Waals surface area contributed by atoms with Crippen molar-refractivity contribution in [1.82, 2.24) is 9.71 Å². The van der Waals surface area contributed by atoms with E-state index in [9.17, 15) is 31.7 Å². The summed E-state index contributed by atoms with van der Waals surface area (Å²) in [4.78, 5) is 27.5. The molecule has 0 saturated carbocycles. The standard InChI is InChI=1S/C27H30N4O9S2/c1-18(2)41(35,36)22-13-20(16-28-17-22)40-26-6-4-3-5-23(26)27(32)30-42(37,38)21-7-8-24(25(14-21)31(33)34)29-15-19-9-11-39-12-10-19/h3-8,13-14,16-19,29H,9-12,15H2,1-2H3,(H,30,32). The molecule has 224 valence electrons. The van der Waals surface area contributed by atoms with Gasteiger partial charge in [-0.05, 0) is 56.9 Å². The lowest BCUT2D eigenvalue weighted by molar-refractivity contribution is -0.384. The number of nitro groups is 1.